The van der Waals surface area contributed by atoms with Gasteiger partial charge in [-0.25, -0.2) is 9.97 Å². The van der Waals surface area contributed by atoms with Crippen LogP contribution in [0.2, 0.25) is 0 Å². The number of hydrogen-bond acceptors (Lipinski definition) is 5. The van der Waals surface area contributed by atoms with Crippen LogP contribution in [0.4, 0.5) is 5.82 Å². The first-order valence-electron chi connectivity index (χ1n) is 9.88. The molecule has 1 fully saturated rings. The molecule has 3 heterocycles. The molecule has 0 radical (unpaired) electrons. The maximum atomic E-state index is 8.97. The number of hydrogen-bond donors (Lipinski definition) is 1. The van der Waals surface area contributed by atoms with Crippen LogP contribution in [0.5, 0.6) is 0 Å². The highest BCUT2D eigenvalue weighted by Gasteiger charge is 2.26. The Balaban J connectivity index is 1.67. The summed E-state index contributed by atoms with van der Waals surface area (Å²) in [6.45, 7) is 6.45. The monoisotopic (exact) mass is 370 g/mol. The third-order valence-electron chi connectivity index (χ3n) is 5.90. The number of thiophene rings is 1. The van der Waals surface area contributed by atoms with Gasteiger partial charge in [-0.2, -0.15) is 5.26 Å². The van der Waals surface area contributed by atoms with Crippen molar-refractivity contribution in [2.45, 2.75) is 52.0 Å². The number of rotatable bonds is 5. The van der Waals surface area contributed by atoms with Crippen LogP contribution in [0, 0.1) is 17.2 Å². The topological polar surface area (TPSA) is 57.2 Å². The summed E-state index contributed by atoms with van der Waals surface area (Å²) in [6.07, 6.45) is 6.71. The van der Waals surface area contributed by atoms with Gasteiger partial charge in [-0.1, -0.05) is 6.92 Å². The Kier molecular flexibility index (Phi) is 5.10. The van der Waals surface area contributed by atoms with Gasteiger partial charge in [0.15, 0.2) is 5.82 Å². The van der Waals surface area contributed by atoms with E-state index in [4.69, 9.17) is 15.2 Å². The Morgan fingerprint density at radius 2 is 2.08 bits per heavy atom. The first-order chi connectivity index (χ1) is 12.7. The summed E-state index contributed by atoms with van der Waals surface area (Å²) in [6, 6.07) is 2.26. The number of anilines is 1. The molecule has 6 heteroatoms. The molecule has 2 aromatic rings. The lowest BCUT2D eigenvalue weighted by atomic mass is 9.99. The third-order valence-corrected chi connectivity index (χ3v) is 7.09. The van der Waals surface area contributed by atoms with Crippen LogP contribution in [-0.2, 0) is 19.4 Å². The van der Waals surface area contributed by atoms with Gasteiger partial charge in [0.2, 0.25) is 0 Å². The molecule has 1 aliphatic heterocycles. The summed E-state index contributed by atoms with van der Waals surface area (Å²) in [7, 11) is 2.07. The maximum absolute atomic E-state index is 8.97. The van der Waals surface area contributed by atoms with Gasteiger partial charge in [0, 0.05) is 18.5 Å². The van der Waals surface area contributed by atoms with Crippen molar-refractivity contribution in [3.63, 3.8) is 0 Å². The summed E-state index contributed by atoms with van der Waals surface area (Å²) in [5.41, 5.74) is 1.47. The zero-order valence-electron chi connectivity index (χ0n) is 15.8. The van der Waals surface area contributed by atoms with Gasteiger partial charge in [-0.3, -0.25) is 0 Å². The molecule has 1 saturated heterocycles. The molecule has 4 rings (SSSR count). The quantitative estimate of drug-likeness (QED) is 0.878. The van der Waals surface area contributed by atoms with E-state index in [9.17, 15) is 0 Å². The van der Waals surface area contributed by atoms with E-state index in [1.54, 1.807) is 4.90 Å². The van der Waals surface area contributed by atoms with E-state index in [0.29, 0.717) is 6.42 Å². The number of aromatic nitrogens is 2. The molecule has 0 saturated carbocycles. The lowest BCUT2D eigenvalue weighted by Gasteiger charge is -2.27. The first-order valence-corrected chi connectivity index (χ1v) is 10.7. The fourth-order valence-corrected chi connectivity index (χ4v) is 5.54. The highest BCUT2D eigenvalue weighted by Crippen LogP contribution is 2.40. The van der Waals surface area contributed by atoms with Gasteiger partial charge in [0.05, 0.1) is 31.0 Å². The summed E-state index contributed by atoms with van der Waals surface area (Å²) < 4.78 is 0. The van der Waals surface area contributed by atoms with Crippen molar-refractivity contribution in [2.24, 2.45) is 5.92 Å². The summed E-state index contributed by atoms with van der Waals surface area (Å²) in [4.78, 5) is 16.4. The predicted molar refractivity (Wildman–Crippen MR) is 106 cm³/mol. The normalized spacial score (nSPS) is 22.3. The van der Waals surface area contributed by atoms with E-state index < -0.39 is 0 Å². The molecular formula is C20H28N5S+. The lowest BCUT2D eigenvalue weighted by Crippen LogP contribution is -3.11. The molecule has 26 heavy (non-hydrogen) atoms. The van der Waals surface area contributed by atoms with Crippen LogP contribution in [0.3, 0.4) is 0 Å². The molecule has 0 bridgehead atoms. The van der Waals surface area contributed by atoms with E-state index in [2.05, 4.69) is 24.9 Å². The van der Waals surface area contributed by atoms with Crippen molar-refractivity contribution in [1.82, 2.24) is 9.97 Å². The number of quaternary nitrogens is 1. The molecule has 1 aliphatic carbocycles. The molecule has 1 N–H and O–H groups in total. The van der Waals surface area contributed by atoms with Gasteiger partial charge in [0.25, 0.3) is 0 Å². The SMILES string of the molecule is CC1CC[NH+](Cc2nc(N(C)CCC#N)c3c4c(sc3n2)CCC4)CC1. The number of aryl methyl sites for hydroxylation is 2. The minimum atomic E-state index is 0.527. The molecule has 0 atom stereocenters. The van der Waals surface area contributed by atoms with E-state index in [0.717, 1.165) is 41.9 Å². The Morgan fingerprint density at radius 1 is 1.27 bits per heavy atom. The van der Waals surface area contributed by atoms with Gasteiger partial charge in [-0.15, -0.1) is 11.3 Å². The third kappa shape index (κ3) is 3.43. The Hall–Kier alpha value is -1.71. The van der Waals surface area contributed by atoms with E-state index >= 15 is 0 Å². The maximum Gasteiger partial charge on any atom is 0.187 e. The van der Waals surface area contributed by atoms with Crippen LogP contribution in [0.1, 0.15) is 48.9 Å². The molecule has 138 valence electrons. The standard InChI is InChI=1S/C20H27N5S/c1-14-7-11-25(12-8-14)13-17-22-19(24(2)10-4-9-21)18-15-5-3-6-16(15)26-20(18)23-17/h14H,3-8,10-13H2,1-2H3/p+1. The molecule has 5 nitrogen and oxygen atoms in total. The largest absolute Gasteiger partial charge is 0.358 e. The van der Waals surface area contributed by atoms with Crippen molar-refractivity contribution in [2.75, 3.05) is 31.6 Å². The zero-order valence-corrected chi connectivity index (χ0v) is 16.7. The molecule has 2 aromatic heterocycles. The summed E-state index contributed by atoms with van der Waals surface area (Å²) >= 11 is 1.87. The first kappa shape index (κ1) is 17.7. The van der Waals surface area contributed by atoms with Crippen LogP contribution in [0.15, 0.2) is 0 Å². The average Bonchev–Trinajstić information content (AvgIpc) is 3.21. The summed E-state index contributed by atoms with van der Waals surface area (Å²) in [5, 5.41) is 10.2. The minimum absolute atomic E-state index is 0.527. The number of nitrogens with one attached hydrogen (secondary N) is 1. The minimum Gasteiger partial charge on any atom is -0.358 e. The molecule has 0 amide bonds. The van der Waals surface area contributed by atoms with Crippen LogP contribution < -0.4 is 9.80 Å². The highest BCUT2D eigenvalue weighted by atomic mass is 32.1. The van der Waals surface area contributed by atoms with Crippen molar-refractivity contribution >= 4 is 27.4 Å². The van der Waals surface area contributed by atoms with Gasteiger partial charge >= 0.3 is 0 Å². The van der Waals surface area contributed by atoms with Crippen LogP contribution in [0.25, 0.3) is 10.2 Å². The van der Waals surface area contributed by atoms with E-state index in [1.807, 2.05) is 11.3 Å². The van der Waals surface area contributed by atoms with E-state index in [1.165, 1.54) is 54.6 Å². The van der Waals surface area contributed by atoms with Gasteiger partial charge in [-0.05, 0) is 43.6 Å². The smallest absolute Gasteiger partial charge is 0.187 e. The van der Waals surface area contributed by atoms with Crippen molar-refractivity contribution in [3.8, 4) is 6.07 Å². The van der Waals surface area contributed by atoms with Crippen molar-refractivity contribution in [1.29, 1.82) is 5.26 Å². The Labute approximate surface area is 159 Å². The fourth-order valence-electron chi connectivity index (χ4n) is 4.27. The van der Waals surface area contributed by atoms with Crippen molar-refractivity contribution < 1.29 is 4.90 Å². The second kappa shape index (κ2) is 7.50. The van der Waals surface area contributed by atoms with Gasteiger partial charge in [0.1, 0.15) is 17.2 Å². The Bertz CT molecular complexity index is 829. The average molecular weight is 371 g/mol. The molecule has 0 aromatic carbocycles. The second-order valence-corrected chi connectivity index (χ2v) is 9.02. The molecule has 0 spiro atoms. The molecular weight excluding hydrogens is 342 g/mol. The Morgan fingerprint density at radius 3 is 2.85 bits per heavy atom. The summed E-state index contributed by atoms with van der Waals surface area (Å²) in [5.74, 6) is 2.88. The highest BCUT2D eigenvalue weighted by molar-refractivity contribution is 7.19. The van der Waals surface area contributed by atoms with E-state index in [-0.39, 0.29) is 0 Å². The lowest BCUT2D eigenvalue weighted by molar-refractivity contribution is -0.920. The number of fused-ring (bicyclic) bond motifs is 3. The van der Waals surface area contributed by atoms with Crippen LogP contribution in [-0.4, -0.2) is 36.6 Å². The number of likely N-dealkylation sites (tertiary alicyclic amines) is 1. The second-order valence-electron chi connectivity index (χ2n) is 7.94. The number of nitrogens with zero attached hydrogens (tertiary/aromatic N) is 4. The predicted octanol–water partition coefficient (Wildman–Crippen LogP) is 2.34. The zero-order chi connectivity index (χ0) is 18.1. The fraction of sp³-hybridized carbons (Fsp3) is 0.650. The van der Waals surface area contributed by atoms with Crippen molar-refractivity contribution in [3.05, 3.63) is 16.3 Å². The number of piperidine rings is 1. The molecule has 2 aliphatic rings. The number of nitriles is 1. The molecule has 0 unspecified atom stereocenters. The van der Waals surface area contributed by atoms with Gasteiger partial charge < -0.3 is 9.80 Å². The van der Waals surface area contributed by atoms with Crippen LogP contribution >= 0.6 is 11.3 Å².